The Hall–Kier alpha value is -0.740. The van der Waals surface area contributed by atoms with Crippen molar-refractivity contribution in [2.75, 3.05) is 30.4 Å². The van der Waals surface area contributed by atoms with Crippen LogP contribution in [-0.2, 0) is 6.54 Å². The fourth-order valence-corrected chi connectivity index (χ4v) is 3.44. The number of thioether (sulfide) groups is 1. The first-order valence-electron chi connectivity index (χ1n) is 6.26. The maximum Gasteiger partial charge on any atom is 0.126 e. The first-order chi connectivity index (χ1) is 8.29. The Labute approximate surface area is 108 Å². The van der Waals surface area contributed by atoms with Gasteiger partial charge in [-0.25, -0.2) is 4.98 Å². The molecule has 1 fully saturated rings. The minimum atomic E-state index is 0.746. The summed E-state index contributed by atoms with van der Waals surface area (Å²) < 4.78 is 0. The lowest BCUT2D eigenvalue weighted by Gasteiger charge is -2.23. The van der Waals surface area contributed by atoms with E-state index < -0.39 is 0 Å². The van der Waals surface area contributed by atoms with Crippen LogP contribution < -0.4 is 5.32 Å². The SMILES string of the molecule is CCNc1cc(CN(C)C2CCSC2)ccn1. The van der Waals surface area contributed by atoms with Crippen LogP contribution in [0, 0.1) is 0 Å². The zero-order valence-corrected chi connectivity index (χ0v) is 11.5. The highest BCUT2D eigenvalue weighted by Gasteiger charge is 2.19. The lowest BCUT2D eigenvalue weighted by Crippen LogP contribution is -2.30. The van der Waals surface area contributed by atoms with Gasteiger partial charge in [0.2, 0.25) is 0 Å². The Kier molecular flexibility index (Phi) is 4.68. The number of hydrogen-bond acceptors (Lipinski definition) is 4. The molecule has 1 aromatic rings. The molecule has 2 rings (SSSR count). The van der Waals surface area contributed by atoms with Crippen molar-refractivity contribution in [2.45, 2.75) is 25.9 Å². The Morgan fingerprint density at radius 2 is 2.47 bits per heavy atom. The standard InChI is InChI=1S/C13H21N3S/c1-3-14-13-8-11(4-6-15-13)9-16(2)12-5-7-17-10-12/h4,6,8,12H,3,5,7,9-10H2,1-2H3,(H,14,15). The van der Waals surface area contributed by atoms with Crippen molar-refractivity contribution >= 4 is 17.6 Å². The van der Waals surface area contributed by atoms with E-state index in [-0.39, 0.29) is 0 Å². The van der Waals surface area contributed by atoms with Gasteiger partial charge in [0, 0.05) is 31.1 Å². The molecule has 0 amide bonds. The fourth-order valence-electron chi connectivity index (χ4n) is 2.14. The van der Waals surface area contributed by atoms with Crippen LogP contribution in [0.25, 0.3) is 0 Å². The summed E-state index contributed by atoms with van der Waals surface area (Å²) in [7, 11) is 2.23. The number of anilines is 1. The topological polar surface area (TPSA) is 28.2 Å². The molecule has 3 nitrogen and oxygen atoms in total. The first kappa shape index (κ1) is 12.7. The Morgan fingerprint density at radius 1 is 1.59 bits per heavy atom. The predicted octanol–water partition coefficient (Wildman–Crippen LogP) is 2.45. The van der Waals surface area contributed by atoms with Crippen molar-refractivity contribution in [3.63, 3.8) is 0 Å². The second-order valence-electron chi connectivity index (χ2n) is 4.51. The predicted molar refractivity (Wildman–Crippen MR) is 75.6 cm³/mol. The molecule has 0 aliphatic carbocycles. The van der Waals surface area contributed by atoms with Gasteiger partial charge in [-0.3, -0.25) is 4.90 Å². The van der Waals surface area contributed by atoms with Crippen LogP contribution in [0.4, 0.5) is 5.82 Å². The highest BCUT2D eigenvalue weighted by Crippen LogP contribution is 2.22. The molecule has 0 spiro atoms. The number of hydrogen-bond donors (Lipinski definition) is 1. The lowest BCUT2D eigenvalue weighted by molar-refractivity contribution is 0.254. The summed E-state index contributed by atoms with van der Waals surface area (Å²) in [4.78, 5) is 6.76. The highest BCUT2D eigenvalue weighted by molar-refractivity contribution is 7.99. The second kappa shape index (κ2) is 6.26. The summed E-state index contributed by atoms with van der Waals surface area (Å²) in [6, 6.07) is 5.01. The van der Waals surface area contributed by atoms with E-state index in [4.69, 9.17) is 0 Å². The smallest absolute Gasteiger partial charge is 0.126 e. The fraction of sp³-hybridized carbons (Fsp3) is 0.615. The van der Waals surface area contributed by atoms with E-state index in [1.807, 2.05) is 6.20 Å². The van der Waals surface area contributed by atoms with Crippen LogP contribution in [0.5, 0.6) is 0 Å². The van der Waals surface area contributed by atoms with E-state index in [0.717, 1.165) is 24.9 Å². The van der Waals surface area contributed by atoms with Crippen LogP contribution >= 0.6 is 11.8 Å². The van der Waals surface area contributed by atoms with E-state index in [1.54, 1.807) is 0 Å². The zero-order chi connectivity index (χ0) is 12.1. The van der Waals surface area contributed by atoms with Gasteiger partial charge in [-0.1, -0.05) is 0 Å². The Bertz CT molecular complexity index is 350. The summed E-state index contributed by atoms with van der Waals surface area (Å²) in [6.07, 6.45) is 3.22. The summed E-state index contributed by atoms with van der Waals surface area (Å²) in [6.45, 7) is 4.04. The van der Waals surface area contributed by atoms with Crippen molar-refractivity contribution in [3.05, 3.63) is 23.9 Å². The van der Waals surface area contributed by atoms with Gasteiger partial charge in [-0.05, 0) is 43.8 Å². The number of rotatable bonds is 5. The van der Waals surface area contributed by atoms with Gasteiger partial charge in [0.15, 0.2) is 0 Å². The molecule has 1 aliphatic heterocycles. The number of nitrogens with one attached hydrogen (secondary N) is 1. The molecular weight excluding hydrogens is 230 g/mol. The van der Waals surface area contributed by atoms with Gasteiger partial charge >= 0.3 is 0 Å². The molecule has 0 bridgehead atoms. The Morgan fingerprint density at radius 3 is 3.18 bits per heavy atom. The molecule has 1 aromatic heterocycles. The molecule has 0 saturated carbocycles. The number of aromatic nitrogens is 1. The van der Waals surface area contributed by atoms with Crippen LogP contribution in [0.15, 0.2) is 18.3 Å². The van der Waals surface area contributed by atoms with Crippen LogP contribution in [0.2, 0.25) is 0 Å². The van der Waals surface area contributed by atoms with Crippen molar-refractivity contribution in [2.24, 2.45) is 0 Å². The van der Waals surface area contributed by atoms with E-state index >= 15 is 0 Å². The molecule has 1 N–H and O–H groups in total. The maximum absolute atomic E-state index is 4.30. The van der Waals surface area contributed by atoms with Crippen molar-refractivity contribution < 1.29 is 0 Å². The van der Waals surface area contributed by atoms with E-state index in [2.05, 4.69) is 53.1 Å². The van der Waals surface area contributed by atoms with Gasteiger partial charge < -0.3 is 5.32 Å². The summed E-state index contributed by atoms with van der Waals surface area (Å²) in [5, 5.41) is 3.26. The molecule has 1 aliphatic rings. The van der Waals surface area contributed by atoms with Gasteiger partial charge in [0.25, 0.3) is 0 Å². The van der Waals surface area contributed by atoms with Gasteiger partial charge in [0.05, 0.1) is 0 Å². The lowest BCUT2D eigenvalue weighted by atomic mass is 10.2. The van der Waals surface area contributed by atoms with E-state index in [1.165, 1.54) is 23.5 Å². The molecule has 17 heavy (non-hydrogen) atoms. The third-order valence-corrected chi connectivity index (χ3v) is 4.29. The zero-order valence-electron chi connectivity index (χ0n) is 10.6. The van der Waals surface area contributed by atoms with Crippen molar-refractivity contribution in [3.8, 4) is 0 Å². The summed E-state index contributed by atoms with van der Waals surface area (Å²) >= 11 is 2.07. The quantitative estimate of drug-likeness (QED) is 0.870. The third-order valence-electron chi connectivity index (χ3n) is 3.14. The number of pyridine rings is 1. The van der Waals surface area contributed by atoms with Crippen molar-refractivity contribution in [1.29, 1.82) is 0 Å². The van der Waals surface area contributed by atoms with Gasteiger partial charge in [-0.15, -0.1) is 0 Å². The molecule has 0 aromatic carbocycles. The molecule has 1 saturated heterocycles. The van der Waals surface area contributed by atoms with E-state index in [0.29, 0.717) is 0 Å². The molecule has 2 heterocycles. The van der Waals surface area contributed by atoms with Gasteiger partial charge in [-0.2, -0.15) is 11.8 Å². The molecule has 1 atom stereocenters. The summed E-state index contributed by atoms with van der Waals surface area (Å²) in [5.74, 6) is 3.58. The highest BCUT2D eigenvalue weighted by atomic mass is 32.2. The normalized spacial score (nSPS) is 19.8. The molecule has 94 valence electrons. The van der Waals surface area contributed by atoms with Crippen LogP contribution in [-0.4, -0.2) is 41.0 Å². The molecule has 1 unspecified atom stereocenters. The minimum Gasteiger partial charge on any atom is -0.370 e. The number of nitrogens with zero attached hydrogens (tertiary/aromatic N) is 2. The third kappa shape index (κ3) is 3.61. The van der Waals surface area contributed by atoms with Crippen LogP contribution in [0.3, 0.4) is 0 Å². The largest absolute Gasteiger partial charge is 0.370 e. The van der Waals surface area contributed by atoms with Crippen molar-refractivity contribution in [1.82, 2.24) is 9.88 Å². The average Bonchev–Trinajstić information content (AvgIpc) is 2.83. The van der Waals surface area contributed by atoms with Gasteiger partial charge in [0.1, 0.15) is 5.82 Å². The monoisotopic (exact) mass is 251 g/mol. The second-order valence-corrected chi connectivity index (χ2v) is 5.66. The Balaban J connectivity index is 1.94. The first-order valence-corrected chi connectivity index (χ1v) is 7.42. The average molecular weight is 251 g/mol. The molecule has 4 heteroatoms. The molecule has 0 radical (unpaired) electrons. The summed E-state index contributed by atoms with van der Waals surface area (Å²) in [5.41, 5.74) is 1.34. The van der Waals surface area contributed by atoms with E-state index in [9.17, 15) is 0 Å². The minimum absolute atomic E-state index is 0.746. The maximum atomic E-state index is 4.30. The molecular formula is C13H21N3S. The van der Waals surface area contributed by atoms with Crippen LogP contribution in [0.1, 0.15) is 18.9 Å².